The fourth-order valence-corrected chi connectivity index (χ4v) is 3.35. The molecule has 1 aliphatic rings. The molecule has 0 unspecified atom stereocenters. The lowest BCUT2D eigenvalue weighted by Gasteiger charge is -2.30. The molecular weight excluding hydrogens is 314 g/mol. The van der Waals surface area contributed by atoms with E-state index in [9.17, 15) is 4.79 Å². The second-order valence-corrected chi connectivity index (χ2v) is 6.48. The molecule has 0 saturated heterocycles. The molecule has 1 saturated carbocycles. The first-order valence-corrected chi connectivity index (χ1v) is 8.80. The fraction of sp³-hybridized carbons (Fsp3) is 0.400. The molecule has 0 atom stereocenters. The van der Waals surface area contributed by atoms with Crippen LogP contribution in [0.3, 0.4) is 0 Å². The Balaban J connectivity index is 1.71. The van der Waals surface area contributed by atoms with Crippen LogP contribution in [0, 0.1) is 0 Å². The first-order chi connectivity index (χ1) is 12.2. The number of likely N-dealkylation sites (N-methyl/N-ethyl adjacent to an activating group) is 1. The number of nitrogens with zero attached hydrogens (tertiary/aromatic N) is 3. The van der Waals surface area contributed by atoms with Gasteiger partial charge in [0.2, 0.25) is 5.91 Å². The topological polar surface area (TPSA) is 47.4 Å². The van der Waals surface area contributed by atoms with E-state index in [0.717, 1.165) is 29.8 Å². The third-order valence-corrected chi connectivity index (χ3v) is 4.87. The van der Waals surface area contributed by atoms with Crippen LogP contribution in [0.1, 0.15) is 37.7 Å². The molecule has 25 heavy (non-hydrogen) atoms. The second kappa shape index (κ2) is 8.01. The zero-order valence-corrected chi connectivity index (χ0v) is 14.9. The Kier molecular flexibility index (Phi) is 5.53. The molecule has 1 aromatic heterocycles. The van der Waals surface area contributed by atoms with Gasteiger partial charge < -0.3 is 14.2 Å². The smallest absolute Gasteiger partial charge is 0.246 e. The summed E-state index contributed by atoms with van der Waals surface area (Å²) in [5.74, 6) is 0.804. The van der Waals surface area contributed by atoms with E-state index in [1.807, 2.05) is 47.0 Å². The van der Waals surface area contributed by atoms with Gasteiger partial charge in [-0.1, -0.05) is 25.3 Å². The summed E-state index contributed by atoms with van der Waals surface area (Å²) in [6.07, 6.45) is 14.8. The van der Waals surface area contributed by atoms with Gasteiger partial charge in [-0.25, -0.2) is 4.98 Å². The summed E-state index contributed by atoms with van der Waals surface area (Å²) < 4.78 is 7.38. The van der Waals surface area contributed by atoms with Crippen molar-refractivity contribution in [3.63, 3.8) is 0 Å². The highest BCUT2D eigenvalue weighted by molar-refractivity contribution is 5.92. The van der Waals surface area contributed by atoms with Crippen molar-refractivity contribution in [2.75, 3.05) is 14.2 Å². The Morgan fingerprint density at radius 1 is 1.32 bits per heavy atom. The largest absolute Gasteiger partial charge is 0.495 e. The van der Waals surface area contributed by atoms with Crippen LogP contribution >= 0.6 is 0 Å². The number of amides is 1. The Bertz CT molecular complexity index is 731. The molecule has 0 aliphatic heterocycles. The molecule has 1 fully saturated rings. The van der Waals surface area contributed by atoms with Gasteiger partial charge >= 0.3 is 0 Å². The molecular formula is C20H25N3O2. The molecule has 0 radical (unpaired) electrons. The molecule has 0 spiro atoms. The van der Waals surface area contributed by atoms with Crippen molar-refractivity contribution in [2.45, 2.75) is 38.1 Å². The Hall–Kier alpha value is -2.56. The fourth-order valence-electron chi connectivity index (χ4n) is 3.35. The van der Waals surface area contributed by atoms with Gasteiger partial charge in [-0.15, -0.1) is 0 Å². The molecule has 3 rings (SSSR count). The van der Waals surface area contributed by atoms with Gasteiger partial charge in [-0.3, -0.25) is 4.79 Å². The summed E-state index contributed by atoms with van der Waals surface area (Å²) >= 11 is 0. The van der Waals surface area contributed by atoms with Gasteiger partial charge in [0.05, 0.1) is 19.1 Å². The maximum absolute atomic E-state index is 12.4. The number of imidazole rings is 1. The van der Waals surface area contributed by atoms with E-state index in [1.165, 1.54) is 19.3 Å². The Morgan fingerprint density at radius 2 is 2.12 bits per heavy atom. The number of carbonyl (C=O) groups excluding carboxylic acids is 1. The van der Waals surface area contributed by atoms with Crippen molar-refractivity contribution in [3.05, 3.63) is 48.6 Å². The second-order valence-electron chi connectivity index (χ2n) is 6.48. The van der Waals surface area contributed by atoms with Gasteiger partial charge in [-0.2, -0.15) is 0 Å². The van der Waals surface area contributed by atoms with Crippen LogP contribution in [0.4, 0.5) is 0 Å². The van der Waals surface area contributed by atoms with Crippen LogP contribution in [0.15, 0.2) is 43.0 Å². The maximum atomic E-state index is 12.4. The van der Waals surface area contributed by atoms with Gasteiger partial charge in [0, 0.05) is 31.6 Å². The van der Waals surface area contributed by atoms with E-state index in [1.54, 1.807) is 25.7 Å². The molecule has 1 aliphatic carbocycles. The number of methoxy groups -OCH3 is 1. The Labute approximate surface area is 148 Å². The molecule has 2 aromatic rings. The SMILES string of the molecule is COc1cc(/C=C/C(=O)N(C)C2CCCCC2)ccc1-n1ccnc1. The summed E-state index contributed by atoms with van der Waals surface area (Å²) in [4.78, 5) is 18.4. The maximum Gasteiger partial charge on any atom is 0.246 e. The zero-order chi connectivity index (χ0) is 17.6. The summed E-state index contributed by atoms with van der Waals surface area (Å²) in [6.45, 7) is 0. The average Bonchev–Trinajstić information content (AvgIpc) is 3.20. The third kappa shape index (κ3) is 4.10. The van der Waals surface area contributed by atoms with Crippen LogP contribution in [0.2, 0.25) is 0 Å². The van der Waals surface area contributed by atoms with E-state index < -0.39 is 0 Å². The van der Waals surface area contributed by atoms with Crippen molar-refractivity contribution < 1.29 is 9.53 Å². The minimum absolute atomic E-state index is 0.0598. The number of hydrogen-bond donors (Lipinski definition) is 0. The van der Waals surface area contributed by atoms with Gasteiger partial charge in [0.15, 0.2) is 0 Å². The lowest BCUT2D eigenvalue weighted by atomic mass is 9.94. The van der Waals surface area contributed by atoms with Gasteiger partial charge in [0.25, 0.3) is 0 Å². The van der Waals surface area contributed by atoms with Crippen molar-refractivity contribution in [3.8, 4) is 11.4 Å². The van der Waals surface area contributed by atoms with Gasteiger partial charge in [-0.05, 0) is 36.6 Å². The molecule has 1 heterocycles. The number of ether oxygens (including phenoxy) is 1. The first-order valence-electron chi connectivity index (χ1n) is 8.80. The van der Waals surface area contributed by atoms with Crippen molar-refractivity contribution in [2.24, 2.45) is 0 Å². The Morgan fingerprint density at radius 3 is 2.80 bits per heavy atom. The predicted molar refractivity (Wildman–Crippen MR) is 98.8 cm³/mol. The normalized spacial score (nSPS) is 15.4. The molecule has 5 heteroatoms. The van der Waals surface area contributed by atoms with Crippen LogP contribution in [0.25, 0.3) is 11.8 Å². The highest BCUT2D eigenvalue weighted by Crippen LogP contribution is 2.25. The van der Waals surface area contributed by atoms with Crippen molar-refractivity contribution in [1.82, 2.24) is 14.5 Å². The predicted octanol–water partition coefficient (Wildman–Crippen LogP) is 3.69. The highest BCUT2D eigenvalue weighted by Gasteiger charge is 2.20. The van der Waals surface area contributed by atoms with E-state index >= 15 is 0 Å². The lowest BCUT2D eigenvalue weighted by Crippen LogP contribution is -2.37. The third-order valence-electron chi connectivity index (χ3n) is 4.87. The van der Waals surface area contributed by atoms with E-state index in [-0.39, 0.29) is 5.91 Å². The summed E-state index contributed by atoms with van der Waals surface area (Å²) in [7, 11) is 3.55. The minimum Gasteiger partial charge on any atom is -0.495 e. The van der Waals surface area contributed by atoms with Crippen LogP contribution in [-0.2, 0) is 4.79 Å². The molecule has 0 bridgehead atoms. The first kappa shape index (κ1) is 17.3. The molecule has 0 N–H and O–H groups in total. The van der Waals surface area contributed by atoms with E-state index in [0.29, 0.717) is 6.04 Å². The number of carbonyl (C=O) groups is 1. The van der Waals surface area contributed by atoms with Crippen LogP contribution in [0.5, 0.6) is 5.75 Å². The van der Waals surface area contributed by atoms with Gasteiger partial charge in [0.1, 0.15) is 5.75 Å². The van der Waals surface area contributed by atoms with E-state index in [2.05, 4.69) is 4.98 Å². The standard InChI is InChI=1S/C20H25N3O2/c1-22(17-6-4-3-5-7-17)20(24)11-9-16-8-10-18(19(14-16)25-2)23-13-12-21-15-23/h8-15,17H,3-7H2,1-2H3/b11-9+. The molecule has 1 amide bonds. The summed E-state index contributed by atoms with van der Waals surface area (Å²) in [5.41, 5.74) is 1.86. The van der Waals surface area contributed by atoms with Crippen LogP contribution < -0.4 is 4.74 Å². The monoisotopic (exact) mass is 339 g/mol. The zero-order valence-electron chi connectivity index (χ0n) is 14.9. The van der Waals surface area contributed by atoms with Crippen LogP contribution in [-0.4, -0.2) is 40.6 Å². The van der Waals surface area contributed by atoms with E-state index in [4.69, 9.17) is 4.74 Å². The quantitative estimate of drug-likeness (QED) is 0.781. The molecule has 1 aromatic carbocycles. The number of rotatable bonds is 5. The molecule has 132 valence electrons. The summed E-state index contributed by atoms with van der Waals surface area (Å²) in [5, 5.41) is 0. The summed E-state index contributed by atoms with van der Waals surface area (Å²) in [6, 6.07) is 6.25. The van der Waals surface area contributed by atoms with Crippen molar-refractivity contribution in [1.29, 1.82) is 0 Å². The highest BCUT2D eigenvalue weighted by atomic mass is 16.5. The number of benzene rings is 1. The van der Waals surface area contributed by atoms with Crippen molar-refractivity contribution >= 4 is 12.0 Å². The lowest BCUT2D eigenvalue weighted by molar-refractivity contribution is -0.127. The average molecular weight is 339 g/mol. The number of hydrogen-bond acceptors (Lipinski definition) is 3. The molecule has 5 nitrogen and oxygen atoms in total. The minimum atomic E-state index is 0.0598. The number of aromatic nitrogens is 2.